The van der Waals surface area contributed by atoms with Crippen LogP contribution in [0.25, 0.3) is 0 Å². The lowest BCUT2D eigenvalue weighted by Crippen LogP contribution is -2.21. The van der Waals surface area contributed by atoms with Crippen LogP contribution >= 0.6 is 0 Å². The van der Waals surface area contributed by atoms with Gasteiger partial charge in [0.1, 0.15) is 0 Å². The summed E-state index contributed by atoms with van der Waals surface area (Å²) in [7, 11) is 1.80. The minimum atomic E-state index is -0.258. The third-order valence-corrected chi connectivity index (χ3v) is 4.91. The lowest BCUT2D eigenvalue weighted by Gasteiger charge is -2.15. The highest BCUT2D eigenvalue weighted by atomic mass is 16.2. The van der Waals surface area contributed by atoms with E-state index in [0.717, 1.165) is 42.6 Å². The normalized spacial score (nSPS) is 14.5. The first kappa shape index (κ1) is 17.2. The van der Waals surface area contributed by atoms with Crippen LogP contribution in [-0.2, 0) is 11.8 Å². The van der Waals surface area contributed by atoms with Gasteiger partial charge in [-0.15, -0.1) is 0 Å². The van der Waals surface area contributed by atoms with Crippen LogP contribution in [0, 0.1) is 19.8 Å². The molecule has 0 radical (unpaired) electrons. The van der Waals surface area contributed by atoms with Gasteiger partial charge in [-0.2, -0.15) is 5.10 Å². The minimum Gasteiger partial charge on any atom is -0.326 e. The summed E-state index contributed by atoms with van der Waals surface area (Å²) in [5.41, 5.74) is 3.55. The molecule has 1 heterocycles. The molecule has 1 saturated carbocycles. The summed E-state index contributed by atoms with van der Waals surface area (Å²) >= 11 is 0. The molecule has 0 unspecified atom stereocenters. The van der Waals surface area contributed by atoms with Crippen LogP contribution in [-0.4, -0.2) is 21.6 Å². The quantitative estimate of drug-likeness (QED) is 0.895. The van der Waals surface area contributed by atoms with Crippen molar-refractivity contribution in [1.82, 2.24) is 9.78 Å². The molecule has 2 N–H and O–H groups in total. The molecule has 0 atom stereocenters. The predicted octanol–water partition coefficient (Wildman–Crippen LogP) is 3.42. The van der Waals surface area contributed by atoms with Gasteiger partial charge in [0, 0.05) is 30.0 Å². The number of carbonyl (C=O) groups is 2. The topological polar surface area (TPSA) is 76.0 Å². The molecule has 3 rings (SSSR count). The van der Waals surface area contributed by atoms with Crippen LogP contribution in [0.4, 0.5) is 11.4 Å². The van der Waals surface area contributed by atoms with Crippen molar-refractivity contribution in [2.45, 2.75) is 39.5 Å². The lowest BCUT2D eigenvalue weighted by molar-refractivity contribution is -0.119. The summed E-state index contributed by atoms with van der Waals surface area (Å²) in [4.78, 5) is 24.8. The number of hydrogen-bond acceptors (Lipinski definition) is 3. The maximum atomic E-state index is 12.4. The molecule has 1 aliphatic carbocycles. The Morgan fingerprint density at radius 3 is 2.36 bits per heavy atom. The van der Waals surface area contributed by atoms with Crippen LogP contribution in [0.1, 0.15) is 47.4 Å². The van der Waals surface area contributed by atoms with Crippen molar-refractivity contribution in [3.05, 3.63) is 41.2 Å². The second-order valence-electron chi connectivity index (χ2n) is 6.70. The molecular weight excluding hydrogens is 316 g/mol. The fourth-order valence-electron chi connectivity index (χ4n) is 3.19. The van der Waals surface area contributed by atoms with E-state index in [2.05, 4.69) is 15.7 Å². The highest BCUT2D eigenvalue weighted by Gasteiger charge is 2.23. The first-order valence-corrected chi connectivity index (χ1v) is 8.68. The van der Waals surface area contributed by atoms with E-state index in [0.29, 0.717) is 11.4 Å². The van der Waals surface area contributed by atoms with Crippen LogP contribution < -0.4 is 10.6 Å². The Bertz CT molecular complexity index is 784. The van der Waals surface area contributed by atoms with Gasteiger partial charge in [0.25, 0.3) is 5.91 Å². The Hall–Kier alpha value is -2.63. The van der Waals surface area contributed by atoms with Crippen LogP contribution in [0.3, 0.4) is 0 Å². The van der Waals surface area contributed by atoms with Crippen molar-refractivity contribution in [1.29, 1.82) is 0 Å². The SMILES string of the molecule is Cc1c(NC(=O)c2cc(C)n(C)n2)cccc1NC(=O)C1CCCC1. The first-order valence-electron chi connectivity index (χ1n) is 8.68. The molecule has 0 spiro atoms. The summed E-state index contributed by atoms with van der Waals surface area (Å²) in [5, 5.41) is 10.1. The highest BCUT2D eigenvalue weighted by molar-refractivity contribution is 6.04. The fourth-order valence-corrected chi connectivity index (χ4v) is 3.19. The maximum absolute atomic E-state index is 12.4. The molecule has 25 heavy (non-hydrogen) atoms. The zero-order valence-corrected chi connectivity index (χ0v) is 14.9. The summed E-state index contributed by atoms with van der Waals surface area (Å²) in [6.07, 6.45) is 4.16. The Morgan fingerprint density at radius 2 is 1.76 bits per heavy atom. The Morgan fingerprint density at radius 1 is 1.12 bits per heavy atom. The molecule has 1 aromatic heterocycles. The van der Waals surface area contributed by atoms with Crippen LogP contribution in [0.2, 0.25) is 0 Å². The number of benzene rings is 1. The van der Waals surface area contributed by atoms with Gasteiger partial charge in [-0.05, 0) is 50.5 Å². The molecule has 1 aromatic carbocycles. The molecule has 1 aliphatic rings. The van der Waals surface area contributed by atoms with Gasteiger partial charge in [-0.3, -0.25) is 14.3 Å². The molecule has 2 amide bonds. The maximum Gasteiger partial charge on any atom is 0.276 e. The number of aryl methyl sites for hydroxylation is 2. The molecule has 1 fully saturated rings. The number of hydrogen-bond donors (Lipinski definition) is 2. The zero-order chi connectivity index (χ0) is 18.0. The van der Waals surface area contributed by atoms with Gasteiger partial charge >= 0.3 is 0 Å². The third-order valence-electron chi connectivity index (χ3n) is 4.91. The number of amides is 2. The van der Waals surface area contributed by atoms with Crippen molar-refractivity contribution in [3.63, 3.8) is 0 Å². The van der Waals surface area contributed by atoms with Gasteiger partial charge in [-0.25, -0.2) is 0 Å². The molecular formula is C19H24N4O2. The van der Waals surface area contributed by atoms with Gasteiger partial charge in [0.15, 0.2) is 5.69 Å². The average Bonchev–Trinajstić information content (AvgIpc) is 3.22. The number of anilines is 2. The van der Waals surface area contributed by atoms with Gasteiger partial charge in [0.2, 0.25) is 5.91 Å². The molecule has 0 bridgehead atoms. The van der Waals surface area contributed by atoms with E-state index in [1.165, 1.54) is 0 Å². The van der Waals surface area contributed by atoms with Crippen molar-refractivity contribution < 1.29 is 9.59 Å². The van der Waals surface area contributed by atoms with E-state index < -0.39 is 0 Å². The van der Waals surface area contributed by atoms with E-state index in [4.69, 9.17) is 0 Å². The molecule has 2 aromatic rings. The van der Waals surface area contributed by atoms with Crippen LogP contribution in [0.15, 0.2) is 24.3 Å². The van der Waals surface area contributed by atoms with E-state index in [1.807, 2.05) is 32.0 Å². The van der Waals surface area contributed by atoms with Crippen molar-refractivity contribution in [2.24, 2.45) is 13.0 Å². The van der Waals surface area contributed by atoms with Gasteiger partial charge in [-0.1, -0.05) is 18.9 Å². The predicted molar refractivity (Wildman–Crippen MR) is 97.7 cm³/mol. The zero-order valence-electron chi connectivity index (χ0n) is 14.9. The summed E-state index contributed by atoms with van der Waals surface area (Å²) in [5.74, 6) is -0.0790. The number of nitrogens with zero attached hydrogens (tertiary/aromatic N) is 2. The Labute approximate surface area is 147 Å². The molecule has 6 nitrogen and oxygen atoms in total. The van der Waals surface area contributed by atoms with E-state index >= 15 is 0 Å². The fraction of sp³-hybridized carbons (Fsp3) is 0.421. The largest absolute Gasteiger partial charge is 0.326 e. The molecule has 6 heteroatoms. The Kier molecular flexibility index (Phi) is 4.88. The smallest absolute Gasteiger partial charge is 0.276 e. The third kappa shape index (κ3) is 3.73. The van der Waals surface area contributed by atoms with Gasteiger partial charge in [0.05, 0.1) is 0 Å². The molecule has 0 saturated heterocycles. The number of carbonyl (C=O) groups excluding carboxylic acids is 2. The van der Waals surface area contributed by atoms with Gasteiger partial charge < -0.3 is 10.6 Å². The first-order chi connectivity index (χ1) is 12.0. The standard InChI is InChI=1S/C19H24N4O2/c1-12-11-17(22-23(12)3)19(25)21-16-10-6-9-15(13(16)2)20-18(24)14-7-4-5-8-14/h6,9-11,14H,4-5,7-8H2,1-3H3,(H,20,24)(H,21,25). The summed E-state index contributed by atoms with van der Waals surface area (Å²) in [6, 6.07) is 7.27. The Balaban J connectivity index is 1.74. The summed E-state index contributed by atoms with van der Waals surface area (Å²) in [6.45, 7) is 3.79. The lowest BCUT2D eigenvalue weighted by atomic mass is 10.1. The van der Waals surface area contributed by atoms with Crippen molar-refractivity contribution in [3.8, 4) is 0 Å². The average molecular weight is 340 g/mol. The second-order valence-corrected chi connectivity index (χ2v) is 6.70. The van der Waals surface area contributed by atoms with E-state index in [-0.39, 0.29) is 17.7 Å². The minimum absolute atomic E-state index is 0.0735. The number of aromatic nitrogens is 2. The van der Waals surface area contributed by atoms with Crippen molar-refractivity contribution in [2.75, 3.05) is 10.6 Å². The number of rotatable bonds is 4. The highest BCUT2D eigenvalue weighted by Crippen LogP contribution is 2.28. The monoisotopic (exact) mass is 340 g/mol. The number of nitrogens with one attached hydrogen (secondary N) is 2. The molecule has 0 aliphatic heterocycles. The van der Waals surface area contributed by atoms with E-state index in [1.54, 1.807) is 17.8 Å². The van der Waals surface area contributed by atoms with Crippen LogP contribution in [0.5, 0.6) is 0 Å². The second kappa shape index (κ2) is 7.09. The molecule has 132 valence electrons. The van der Waals surface area contributed by atoms with E-state index in [9.17, 15) is 9.59 Å². The van der Waals surface area contributed by atoms with Crippen molar-refractivity contribution >= 4 is 23.2 Å². The summed E-state index contributed by atoms with van der Waals surface area (Å²) < 4.78 is 1.67.